The number of amides is 1. The van der Waals surface area contributed by atoms with Gasteiger partial charge >= 0.3 is 0 Å². The van der Waals surface area contributed by atoms with Crippen molar-refractivity contribution in [3.63, 3.8) is 0 Å². The third-order valence-electron chi connectivity index (χ3n) is 3.33. The summed E-state index contributed by atoms with van der Waals surface area (Å²) >= 11 is 0. The Labute approximate surface area is 91.2 Å². The molecule has 0 bridgehead atoms. The van der Waals surface area contributed by atoms with Crippen LogP contribution < -0.4 is 11.1 Å². The molecule has 2 aliphatic heterocycles. The lowest BCUT2D eigenvalue weighted by atomic mass is 9.96. The number of hydrogen-bond acceptors (Lipinski definition) is 3. The Bertz CT molecular complexity index is 234. The highest BCUT2D eigenvalue weighted by Crippen LogP contribution is 2.17. The van der Waals surface area contributed by atoms with Crippen LogP contribution >= 0.6 is 0 Å². The van der Waals surface area contributed by atoms with Crippen molar-refractivity contribution >= 4 is 5.91 Å². The molecule has 4 heteroatoms. The number of nitrogens with one attached hydrogen (secondary N) is 1. The molecule has 0 aromatic rings. The van der Waals surface area contributed by atoms with E-state index in [9.17, 15) is 4.79 Å². The van der Waals surface area contributed by atoms with Crippen molar-refractivity contribution < 1.29 is 4.79 Å². The fourth-order valence-electron chi connectivity index (χ4n) is 2.79. The average molecular weight is 211 g/mol. The summed E-state index contributed by atoms with van der Waals surface area (Å²) in [4.78, 5) is 13.5. The second-order valence-electron chi connectivity index (χ2n) is 5.12. The molecular formula is C11H21N3O. The molecule has 2 saturated heterocycles. The van der Waals surface area contributed by atoms with Crippen molar-refractivity contribution in [2.75, 3.05) is 19.6 Å². The van der Waals surface area contributed by atoms with Crippen molar-refractivity contribution in [3.05, 3.63) is 0 Å². The van der Waals surface area contributed by atoms with E-state index in [4.69, 9.17) is 5.73 Å². The van der Waals surface area contributed by atoms with Gasteiger partial charge in [0.15, 0.2) is 0 Å². The summed E-state index contributed by atoms with van der Waals surface area (Å²) in [5.41, 5.74) is 5.99. The highest BCUT2D eigenvalue weighted by Gasteiger charge is 2.27. The van der Waals surface area contributed by atoms with Crippen LogP contribution in [0.15, 0.2) is 0 Å². The monoisotopic (exact) mass is 211 g/mol. The highest BCUT2D eigenvalue weighted by molar-refractivity contribution is 5.78. The van der Waals surface area contributed by atoms with Crippen molar-refractivity contribution in [2.24, 2.45) is 11.7 Å². The molecule has 0 spiro atoms. The Morgan fingerprint density at radius 3 is 2.93 bits per heavy atom. The third-order valence-corrected chi connectivity index (χ3v) is 3.33. The summed E-state index contributed by atoms with van der Waals surface area (Å²) < 4.78 is 0. The molecule has 0 saturated carbocycles. The topological polar surface area (TPSA) is 58.4 Å². The van der Waals surface area contributed by atoms with Crippen LogP contribution in [0.4, 0.5) is 0 Å². The van der Waals surface area contributed by atoms with E-state index < -0.39 is 0 Å². The number of carbonyl (C=O) groups excluding carboxylic acids is 1. The van der Waals surface area contributed by atoms with E-state index in [-0.39, 0.29) is 5.91 Å². The molecule has 0 radical (unpaired) electrons. The fraction of sp³-hybridized carbons (Fsp3) is 0.909. The molecule has 2 aliphatic rings. The number of rotatable bonds is 2. The van der Waals surface area contributed by atoms with Crippen molar-refractivity contribution in [3.8, 4) is 0 Å². The molecule has 2 heterocycles. The van der Waals surface area contributed by atoms with Gasteiger partial charge in [-0.3, -0.25) is 9.69 Å². The van der Waals surface area contributed by atoms with Gasteiger partial charge in [0.1, 0.15) is 0 Å². The Hall–Kier alpha value is -0.610. The first-order valence-electron chi connectivity index (χ1n) is 5.91. The van der Waals surface area contributed by atoms with Crippen LogP contribution in [0.2, 0.25) is 0 Å². The third kappa shape index (κ3) is 2.92. The summed E-state index contributed by atoms with van der Waals surface area (Å²) in [5.74, 6) is 0.889. The van der Waals surface area contributed by atoms with Gasteiger partial charge in [0.2, 0.25) is 5.91 Å². The van der Waals surface area contributed by atoms with E-state index in [1.165, 1.54) is 0 Å². The lowest BCUT2D eigenvalue weighted by molar-refractivity contribution is -0.119. The van der Waals surface area contributed by atoms with Gasteiger partial charge in [-0.05, 0) is 18.8 Å². The van der Waals surface area contributed by atoms with E-state index in [2.05, 4.69) is 17.1 Å². The van der Waals surface area contributed by atoms with Crippen molar-refractivity contribution in [2.45, 2.75) is 38.3 Å². The lowest BCUT2D eigenvalue weighted by Gasteiger charge is -2.36. The quantitative estimate of drug-likeness (QED) is 0.672. The first-order chi connectivity index (χ1) is 7.13. The van der Waals surface area contributed by atoms with Crippen LogP contribution in [0.25, 0.3) is 0 Å². The molecular weight excluding hydrogens is 190 g/mol. The molecule has 3 unspecified atom stereocenters. The molecule has 3 N–H and O–H groups in total. The smallest absolute Gasteiger partial charge is 0.220 e. The highest BCUT2D eigenvalue weighted by atomic mass is 16.1. The maximum absolute atomic E-state index is 11.1. The SMILES string of the molecule is CC1CC(N)CN(CC2CCC(=O)N2)C1. The van der Waals surface area contributed by atoms with Crippen LogP contribution in [0.1, 0.15) is 26.2 Å². The van der Waals surface area contributed by atoms with Crippen LogP contribution in [0.3, 0.4) is 0 Å². The molecule has 1 amide bonds. The molecule has 3 atom stereocenters. The van der Waals surface area contributed by atoms with Crippen LogP contribution in [-0.2, 0) is 4.79 Å². The maximum atomic E-state index is 11.1. The van der Waals surface area contributed by atoms with Gasteiger partial charge in [-0.2, -0.15) is 0 Å². The minimum absolute atomic E-state index is 0.203. The average Bonchev–Trinajstić information content (AvgIpc) is 2.49. The Kier molecular flexibility index (Phi) is 3.26. The molecule has 0 aromatic heterocycles. The van der Waals surface area contributed by atoms with Crippen molar-refractivity contribution in [1.82, 2.24) is 10.2 Å². The minimum Gasteiger partial charge on any atom is -0.352 e. The predicted octanol–water partition coefficient (Wildman–Crippen LogP) is -0.0659. The summed E-state index contributed by atoms with van der Waals surface area (Å²) in [6, 6.07) is 0.667. The van der Waals surface area contributed by atoms with E-state index in [1.54, 1.807) is 0 Å². The summed E-state index contributed by atoms with van der Waals surface area (Å²) in [7, 11) is 0. The Morgan fingerprint density at radius 2 is 2.33 bits per heavy atom. The van der Waals surface area contributed by atoms with Crippen molar-refractivity contribution in [1.29, 1.82) is 0 Å². The maximum Gasteiger partial charge on any atom is 0.220 e. The van der Waals surface area contributed by atoms with Gasteiger partial charge in [-0.1, -0.05) is 6.92 Å². The number of nitrogens with zero attached hydrogens (tertiary/aromatic N) is 1. The molecule has 86 valence electrons. The molecule has 2 fully saturated rings. The second-order valence-corrected chi connectivity index (χ2v) is 5.12. The number of nitrogens with two attached hydrogens (primary N) is 1. The Morgan fingerprint density at radius 1 is 1.53 bits per heavy atom. The van der Waals surface area contributed by atoms with Crippen LogP contribution in [0, 0.1) is 5.92 Å². The zero-order valence-electron chi connectivity index (χ0n) is 9.41. The number of likely N-dealkylation sites (tertiary alicyclic amines) is 1. The van der Waals surface area contributed by atoms with Gasteiger partial charge in [-0.15, -0.1) is 0 Å². The van der Waals surface area contributed by atoms with Gasteiger partial charge in [-0.25, -0.2) is 0 Å². The minimum atomic E-state index is 0.203. The second kappa shape index (κ2) is 4.49. The molecule has 2 rings (SSSR count). The molecule has 15 heavy (non-hydrogen) atoms. The van der Waals surface area contributed by atoms with Gasteiger partial charge in [0.25, 0.3) is 0 Å². The van der Waals surface area contributed by atoms with Gasteiger partial charge < -0.3 is 11.1 Å². The predicted molar refractivity (Wildman–Crippen MR) is 59.4 cm³/mol. The van der Waals surface area contributed by atoms with Crippen LogP contribution in [0.5, 0.6) is 0 Å². The van der Waals surface area contributed by atoms with Crippen LogP contribution in [-0.4, -0.2) is 42.5 Å². The number of carbonyl (C=O) groups is 1. The normalized spacial score (nSPS) is 38.0. The van der Waals surface area contributed by atoms with Gasteiger partial charge in [0, 0.05) is 38.1 Å². The van der Waals surface area contributed by atoms with E-state index in [1.807, 2.05) is 0 Å². The standard InChI is InChI=1S/C11H21N3O/c1-8-4-9(12)6-14(5-8)7-10-2-3-11(15)13-10/h8-10H,2-7,12H2,1H3,(H,13,15). The summed E-state index contributed by atoms with van der Waals surface area (Å²) in [5, 5.41) is 3.01. The van der Waals surface area contributed by atoms with E-state index in [0.29, 0.717) is 24.4 Å². The zero-order chi connectivity index (χ0) is 10.8. The van der Waals surface area contributed by atoms with E-state index in [0.717, 1.165) is 32.5 Å². The largest absolute Gasteiger partial charge is 0.352 e. The van der Waals surface area contributed by atoms with Gasteiger partial charge in [0.05, 0.1) is 0 Å². The zero-order valence-corrected chi connectivity index (χ0v) is 9.41. The first-order valence-corrected chi connectivity index (χ1v) is 5.91. The summed E-state index contributed by atoms with van der Waals surface area (Å²) in [6.45, 7) is 5.33. The fourth-order valence-corrected chi connectivity index (χ4v) is 2.79. The summed E-state index contributed by atoms with van der Waals surface area (Å²) in [6.07, 6.45) is 2.81. The lowest BCUT2D eigenvalue weighted by Crippen LogP contribution is -2.50. The Balaban J connectivity index is 1.81. The number of hydrogen-bond donors (Lipinski definition) is 2. The molecule has 0 aliphatic carbocycles. The molecule has 4 nitrogen and oxygen atoms in total. The van der Waals surface area contributed by atoms with E-state index >= 15 is 0 Å². The number of piperidine rings is 1. The first kappa shape index (κ1) is 10.9. The molecule has 0 aromatic carbocycles.